The molecule has 1 atom stereocenters. The lowest BCUT2D eigenvalue weighted by molar-refractivity contribution is -0.688. The molecule has 9 heteroatoms. The first-order valence-corrected chi connectivity index (χ1v) is 10.0. The summed E-state index contributed by atoms with van der Waals surface area (Å²) in [4.78, 5) is 23.6. The van der Waals surface area contributed by atoms with E-state index in [0.29, 0.717) is 6.54 Å². The summed E-state index contributed by atoms with van der Waals surface area (Å²) < 4.78 is 2.03. The fraction of sp³-hybridized carbons (Fsp3) is 0.174. The van der Waals surface area contributed by atoms with Crippen LogP contribution in [-0.2, 0) is 24.2 Å². The number of carbonyl (C=O) groups is 2. The Morgan fingerprint density at radius 1 is 0.969 bits per heavy atom. The number of amides is 1. The Morgan fingerprint density at radius 3 is 2.25 bits per heavy atom. The highest BCUT2D eigenvalue weighted by Gasteiger charge is 2.26. The van der Waals surface area contributed by atoms with Crippen molar-refractivity contribution < 1.29 is 34.4 Å². The number of para-hydroxylation sites is 1. The summed E-state index contributed by atoms with van der Waals surface area (Å²) in [7, 11) is -1.92. The van der Waals surface area contributed by atoms with E-state index in [9.17, 15) is 24.7 Å². The van der Waals surface area contributed by atoms with Gasteiger partial charge in [-0.25, -0.2) is 9.36 Å². The molecule has 0 bridgehead atoms. The fourth-order valence-corrected chi connectivity index (χ4v) is 3.34. The first kappa shape index (κ1) is 23.0. The lowest BCUT2D eigenvalue weighted by Gasteiger charge is -2.22. The van der Waals surface area contributed by atoms with Crippen LogP contribution >= 0.6 is 0 Å². The highest BCUT2D eigenvalue weighted by atomic mass is 16.4. The molecule has 1 amide bonds. The SMILES string of the molecule is O=C(Cc1ccc(C[n+]2ccccc2)cc1)N[C@@H](Cc1cccc(C(=O)O)c1[O-])B(O)O. The van der Waals surface area contributed by atoms with Gasteiger partial charge in [0.1, 0.15) is 0 Å². The third-order valence-corrected chi connectivity index (χ3v) is 5.00. The van der Waals surface area contributed by atoms with Crippen molar-refractivity contribution in [1.82, 2.24) is 5.32 Å². The van der Waals surface area contributed by atoms with Gasteiger partial charge in [-0.2, -0.15) is 0 Å². The van der Waals surface area contributed by atoms with E-state index in [2.05, 4.69) is 5.32 Å². The Morgan fingerprint density at radius 2 is 1.62 bits per heavy atom. The Balaban J connectivity index is 1.62. The maximum absolute atomic E-state index is 12.4. The Hall–Kier alpha value is -3.69. The van der Waals surface area contributed by atoms with E-state index in [1.54, 1.807) is 0 Å². The van der Waals surface area contributed by atoms with Crippen molar-refractivity contribution in [2.75, 3.05) is 0 Å². The van der Waals surface area contributed by atoms with Crippen LogP contribution in [0.25, 0.3) is 0 Å². The second-order valence-corrected chi connectivity index (χ2v) is 7.43. The predicted molar refractivity (Wildman–Crippen MR) is 115 cm³/mol. The molecule has 0 fully saturated rings. The van der Waals surface area contributed by atoms with Crippen LogP contribution in [0.15, 0.2) is 73.1 Å². The van der Waals surface area contributed by atoms with Crippen molar-refractivity contribution in [3.8, 4) is 5.75 Å². The number of hydrogen-bond acceptors (Lipinski definition) is 5. The van der Waals surface area contributed by atoms with Crippen LogP contribution in [0.3, 0.4) is 0 Å². The summed E-state index contributed by atoms with van der Waals surface area (Å²) in [6.07, 6.45) is 3.72. The molecule has 8 nitrogen and oxygen atoms in total. The van der Waals surface area contributed by atoms with E-state index in [1.165, 1.54) is 18.2 Å². The molecule has 32 heavy (non-hydrogen) atoms. The molecular formula is C23H23BN2O6. The summed E-state index contributed by atoms with van der Waals surface area (Å²) in [6.45, 7) is 0.693. The number of nitrogens with zero attached hydrogens (tertiary/aromatic N) is 1. The largest absolute Gasteiger partial charge is 0.872 e. The maximum Gasteiger partial charge on any atom is 0.475 e. The zero-order valence-corrected chi connectivity index (χ0v) is 17.2. The number of rotatable bonds is 9. The van der Waals surface area contributed by atoms with Crippen molar-refractivity contribution in [2.24, 2.45) is 0 Å². The molecule has 0 aliphatic heterocycles. The average molecular weight is 434 g/mol. The molecule has 3 aromatic rings. The second-order valence-electron chi connectivity index (χ2n) is 7.43. The van der Waals surface area contributed by atoms with Crippen LogP contribution in [-0.4, -0.2) is 40.1 Å². The van der Waals surface area contributed by atoms with Crippen LogP contribution < -0.4 is 15.0 Å². The van der Waals surface area contributed by atoms with Crippen LogP contribution in [0.4, 0.5) is 0 Å². The number of pyridine rings is 1. The van der Waals surface area contributed by atoms with Crippen LogP contribution in [0.2, 0.25) is 0 Å². The first-order valence-electron chi connectivity index (χ1n) is 10.0. The van der Waals surface area contributed by atoms with Gasteiger partial charge in [-0.15, -0.1) is 0 Å². The van der Waals surface area contributed by atoms with Gasteiger partial charge in [-0.05, 0) is 18.1 Å². The zero-order chi connectivity index (χ0) is 23.1. The maximum atomic E-state index is 12.4. The van der Waals surface area contributed by atoms with Gasteiger partial charge in [0, 0.05) is 17.7 Å². The zero-order valence-electron chi connectivity index (χ0n) is 17.2. The number of nitrogens with one attached hydrogen (secondary N) is 1. The molecule has 0 unspecified atom stereocenters. The molecule has 0 saturated heterocycles. The molecule has 0 spiro atoms. The minimum absolute atomic E-state index is 0.0153. The van der Waals surface area contributed by atoms with Gasteiger partial charge in [-0.1, -0.05) is 53.8 Å². The molecule has 4 N–H and O–H groups in total. The predicted octanol–water partition coefficient (Wildman–Crippen LogP) is 0.0762. The number of hydrogen-bond donors (Lipinski definition) is 4. The third-order valence-electron chi connectivity index (χ3n) is 5.00. The van der Waals surface area contributed by atoms with Crippen molar-refractivity contribution in [3.05, 3.63) is 95.3 Å². The topological polar surface area (TPSA) is 134 Å². The normalized spacial score (nSPS) is 11.6. The standard InChI is InChI=1S/C23H23BN2O6/c27-21(13-16-7-9-17(10-8-16)15-26-11-2-1-3-12-26)25-20(24(31)32)14-18-5-4-6-19(22(18)28)23(29)30/h1-12,20,31-32H,13-15H2,(H2-,25,27,28,29,30)/t20-/m0/s1. The number of benzene rings is 2. The summed E-state index contributed by atoms with van der Waals surface area (Å²) >= 11 is 0. The molecule has 3 rings (SSSR count). The van der Waals surface area contributed by atoms with E-state index in [4.69, 9.17) is 5.11 Å². The lowest BCUT2D eigenvalue weighted by atomic mass is 9.75. The molecule has 1 heterocycles. The summed E-state index contributed by atoms with van der Waals surface area (Å²) in [5, 5.41) is 43.1. The Kier molecular flexibility index (Phi) is 7.59. The molecule has 0 aliphatic carbocycles. The quantitative estimate of drug-likeness (QED) is 0.278. The van der Waals surface area contributed by atoms with Gasteiger partial charge >= 0.3 is 13.1 Å². The highest BCUT2D eigenvalue weighted by Crippen LogP contribution is 2.21. The number of aromatic nitrogens is 1. The van der Waals surface area contributed by atoms with E-state index in [0.717, 1.165) is 11.1 Å². The Labute approximate surface area is 185 Å². The van der Waals surface area contributed by atoms with Gasteiger partial charge in [-0.3, -0.25) is 4.79 Å². The van der Waals surface area contributed by atoms with Crippen LogP contribution in [0, 0.1) is 0 Å². The van der Waals surface area contributed by atoms with E-state index >= 15 is 0 Å². The molecule has 0 radical (unpaired) electrons. The number of carbonyl (C=O) groups excluding carboxylic acids is 1. The summed E-state index contributed by atoms with van der Waals surface area (Å²) in [5.41, 5.74) is 1.48. The van der Waals surface area contributed by atoms with Crippen molar-refractivity contribution >= 4 is 19.0 Å². The monoisotopic (exact) mass is 434 g/mol. The van der Waals surface area contributed by atoms with Gasteiger partial charge in [0.25, 0.3) is 0 Å². The fourth-order valence-electron chi connectivity index (χ4n) is 3.34. The summed E-state index contributed by atoms with van der Waals surface area (Å²) in [5.74, 6) is -3.69. The van der Waals surface area contributed by atoms with Crippen LogP contribution in [0.5, 0.6) is 5.75 Å². The smallest absolute Gasteiger partial charge is 0.475 e. The van der Waals surface area contributed by atoms with Gasteiger partial charge in [0.15, 0.2) is 18.9 Å². The summed E-state index contributed by atoms with van der Waals surface area (Å²) in [6, 6.07) is 17.3. The average Bonchev–Trinajstić information content (AvgIpc) is 2.76. The molecule has 2 aromatic carbocycles. The molecular weight excluding hydrogens is 411 g/mol. The van der Waals surface area contributed by atoms with E-state index in [-0.39, 0.29) is 18.4 Å². The minimum Gasteiger partial charge on any atom is -0.872 e. The first-order chi connectivity index (χ1) is 15.3. The minimum atomic E-state index is -1.92. The van der Waals surface area contributed by atoms with Crippen molar-refractivity contribution in [2.45, 2.75) is 25.3 Å². The molecule has 1 aromatic heterocycles. The van der Waals surface area contributed by atoms with E-state index < -0.39 is 36.2 Å². The third kappa shape index (κ3) is 6.16. The van der Waals surface area contributed by atoms with Gasteiger partial charge in [0.2, 0.25) is 5.91 Å². The Bertz CT molecular complexity index is 1070. The number of carboxylic acids is 1. The van der Waals surface area contributed by atoms with Crippen molar-refractivity contribution in [3.63, 3.8) is 0 Å². The van der Waals surface area contributed by atoms with Gasteiger partial charge in [0.05, 0.1) is 17.9 Å². The van der Waals surface area contributed by atoms with E-state index in [1.807, 2.05) is 59.4 Å². The lowest BCUT2D eigenvalue weighted by Crippen LogP contribution is -2.48. The number of carboxylic acid groups (broad SMARTS) is 1. The second kappa shape index (κ2) is 10.6. The number of aromatic carboxylic acids is 1. The van der Waals surface area contributed by atoms with Gasteiger partial charge < -0.3 is 25.6 Å². The highest BCUT2D eigenvalue weighted by molar-refractivity contribution is 6.43. The molecule has 164 valence electrons. The molecule has 0 saturated carbocycles. The molecule has 0 aliphatic rings. The van der Waals surface area contributed by atoms with Crippen LogP contribution in [0.1, 0.15) is 27.0 Å². The van der Waals surface area contributed by atoms with Crippen molar-refractivity contribution in [1.29, 1.82) is 0 Å².